The van der Waals surface area contributed by atoms with Crippen molar-refractivity contribution in [2.45, 2.75) is 63.0 Å². The first-order valence-electron chi connectivity index (χ1n) is 9.20. The van der Waals surface area contributed by atoms with E-state index < -0.39 is 48.3 Å². The molecule has 0 aromatic heterocycles. The highest BCUT2D eigenvalue weighted by Gasteiger charge is 2.38. The first kappa shape index (κ1) is 34.9. The van der Waals surface area contributed by atoms with Crippen LogP contribution in [0.1, 0.15) is 38.5 Å². The lowest BCUT2D eigenvalue weighted by Crippen LogP contribution is -2.48. The fourth-order valence-electron chi connectivity index (χ4n) is 1.67. The SMILES string of the molecule is NCCCC[C@H](NC(=O)[C@@H](N)CCCCN)C(=O)O.O=C(O)C(F)(F)F.O=C(O)C(F)(F)F. The Kier molecular flexibility index (Phi) is 18.9. The number of nitrogens with two attached hydrogens (primary N) is 3. The Labute approximate surface area is 184 Å². The monoisotopic (exact) mass is 502 g/mol. The van der Waals surface area contributed by atoms with Gasteiger partial charge in [0.15, 0.2) is 0 Å². The number of halogens is 6. The topological polar surface area (TPSA) is 219 Å². The van der Waals surface area contributed by atoms with Gasteiger partial charge in [-0.15, -0.1) is 0 Å². The maximum Gasteiger partial charge on any atom is 0.490 e. The Morgan fingerprint density at radius 1 is 0.727 bits per heavy atom. The number of carbonyl (C=O) groups excluding carboxylic acids is 1. The highest BCUT2D eigenvalue weighted by molar-refractivity contribution is 5.86. The number of carbonyl (C=O) groups is 4. The molecule has 0 fully saturated rings. The van der Waals surface area contributed by atoms with Gasteiger partial charge in [-0.3, -0.25) is 4.79 Å². The Hall–Kier alpha value is -2.66. The van der Waals surface area contributed by atoms with Crippen molar-refractivity contribution in [3.05, 3.63) is 0 Å². The largest absolute Gasteiger partial charge is 0.490 e. The fraction of sp³-hybridized carbons (Fsp3) is 0.750. The van der Waals surface area contributed by atoms with E-state index in [-0.39, 0.29) is 0 Å². The van der Waals surface area contributed by atoms with Crippen LogP contribution in [0.5, 0.6) is 0 Å². The summed E-state index contributed by atoms with van der Waals surface area (Å²) in [5.41, 5.74) is 16.4. The molecule has 11 nitrogen and oxygen atoms in total. The lowest BCUT2D eigenvalue weighted by molar-refractivity contribution is -0.193. The molecule has 196 valence electrons. The van der Waals surface area contributed by atoms with Gasteiger partial charge in [-0.1, -0.05) is 6.42 Å². The van der Waals surface area contributed by atoms with Gasteiger partial charge in [-0.2, -0.15) is 26.3 Å². The average Bonchev–Trinajstić information content (AvgIpc) is 2.66. The predicted octanol–water partition coefficient (Wildman–Crippen LogP) is 0.408. The second-order valence-electron chi connectivity index (χ2n) is 6.18. The Morgan fingerprint density at radius 2 is 1.06 bits per heavy atom. The molecule has 1 amide bonds. The summed E-state index contributed by atoms with van der Waals surface area (Å²) in [4.78, 5) is 40.5. The zero-order valence-corrected chi connectivity index (χ0v) is 17.3. The summed E-state index contributed by atoms with van der Waals surface area (Å²) in [6, 6.07) is -1.57. The third-order valence-corrected chi connectivity index (χ3v) is 3.35. The number of alkyl halides is 6. The van der Waals surface area contributed by atoms with E-state index in [2.05, 4.69) is 5.32 Å². The van der Waals surface area contributed by atoms with Crippen LogP contribution in [0.25, 0.3) is 0 Å². The molecule has 17 heteroatoms. The lowest BCUT2D eigenvalue weighted by Gasteiger charge is -2.17. The van der Waals surface area contributed by atoms with E-state index in [0.717, 1.165) is 19.3 Å². The number of carboxylic acid groups (broad SMARTS) is 3. The average molecular weight is 502 g/mol. The number of hydrogen-bond donors (Lipinski definition) is 7. The molecule has 0 aromatic rings. The molecule has 0 rings (SSSR count). The number of aliphatic carboxylic acids is 3. The summed E-state index contributed by atoms with van der Waals surface area (Å²) in [7, 11) is 0. The molecule has 0 aliphatic carbocycles. The van der Waals surface area contributed by atoms with Gasteiger partial charge in [0.2, 0.25) is 5.91 Å². The molecule has 0 aliphatic heterocycles. The van der Waals surface area contributed by atoms with Gasteiger partial charge < -0.3 is 37.8 Å². The summed E-state index contributed by atoms with van der Waals surface area (Å²) < 4.78 is 63.5. The maximum absolute atomic E-state index is 11.7. The van der Waals surface area contributed by atoms with Gasteiger partial charge >= 0.3 is 30.3 Å². The summed E-state index contributed by atoms with van der Waals surface area (Å²) in [6.45, 7) is 1.07. The van der Waals surface area contributed by atoms with Crippen LogP contribution in [-0.4, -0.2) is 76.7 Å². The van der Waals surface area contributed by atoms with Gasteiger partial charge in [-0.25, -0.2) is 14.4 Å². The highest BCUT2D eigenvalue weighted by atomic mass is 19.4. The van der Waals surface area contributed by atoms with E-state index in [1.807, 2.05) is 0 Å². The van der Waals surface area contributed by atoms with Crippen molar-refractivity contribution in [2.75, 3.05) is 13.1 Å². The predicted molar refractivity (Wildman–Crippen MR) is 101 cm³/mol. The number of carboxylic acids is 3. The molecule has 0 unspecified atom stereocenters. The highest BCUT2D eigenvalue weighted by Crippen LogP contribution is 2.13. The molecule has 0 aromatic carbocycles. The van der Waals surface area contributed by atoms with E-state index in [4.69, 9.17) is 42.1 Å². The zero-order valence-electron chi connectivity index (χ0n) is 17.3. The van der Waals surface area contributed by atoms with Crippen LogP contribution >= 0.6 is 0 Å². The van der Waals surface area contributed by atoms with E-state index in [9.17, 15) is 35.9 Å². The minimum atomic E-state index is -5.08. The molecule has 0 heterocycles. The summed E-state index contributed by atoms with van der Waals surface area (Å²) in [5.74, 6) is -6.98. The second-order valence-corrected chi connectivity index (χ2v) is 6.18. The molecule has 10 N–H and O–H groups in total. The smallest absolute Gasteiger partial charge is 0.480 e. The quantitative estimate of drug-likeness (QED) is 0.152. The van der Waals surface area contributed by atoms with Crippen molar-refractivity contribution in [1.29, 1.82) is 0 Å². The molecular formula is C16H28F6N4O7. The molecule has 0 bridgehead atoms. The number of unbranched alkanes of at least 4 members (excludes halogenated alkanes) is 2. The van der Waals surface area contributed by atoms with Crippen LogP contribution in [0.15, 0.2) is 0 Å². The summed E-state index contributed by atoms with van der Waals surface area (Å²) >= 11 is 0. The number of hydrogen-bond acceptors (Lipinski definition) is 7. The van der Waals surface area contributed by atoms with E-state index in [1.54, 1.807) is 0 Å². The van der Waals surface area contributed by atoms with Crippen molar-refractivity contribution in [3.63, 3.8) is 0 Å². The standard InChI is InChI=1S/C12H26N4O3.2C2HF3O2/c13-7-3-1-5-9(15)11(17)16-10(12(18)19)6-2-4-8-14;2*3-2(4,5)1(6)7/h9-10H,1-8,13-15H2,(H,16,17)(H,18,19);2*(H,6,7)/t9-,10-;;/m0../s1. The van der Waals surface area contributed by atoms with E-state index >= 15 is 0 Å². The first-order valence-corrected chi connectivity index (χ1v) is 9.20. The van der Waals surface area contributed by atoms with Crippen LogP contribution < -0.4 is 22.5 Å². The number of nitrogens with one attached hydrogen (secondary N) is 1. The number of amides is 1. The van der Waals surface area contributed by atoms with Crippen LogP contribution in [0.2, 0.25) is 0 Å². The molecule has 0 saturated heterocycles. The van der Waals surface area contributed by atoms with E-state index in [1.165, 1.54) is 0 Å². The van der Waals surface area contributed by atoms with Crippen molar-refractivity contribution in [3.8, 4) is 0 Å². The van der Waals surface area contributed by atoms with Gasteiger partial charge in [0.1, 0.15) is 6.04 Å². The van der Waals surface area contributed by atoms with Crippen molar-refractivity contribution < 1.29 is 60.8 Å². The Morgan fingerprint density at radius 3 is 1.33 bits per heavy atom. The molecule has 0 saturated carbocycles. The number of rotatable bonds is 11. The van der Waals surface area contributed by atoms with Crippen LogP contribution in [0, 0.1) is 0 Å². The van der Waals surface area contributed by atoms with Crippen molar-refractivity contribution >= 4 is 23.8 Å². The van der Waals surface area contributed by atoms with Crippen molar-refractivity contribution in [1.82, 2.24) is 5.32 Å². The zero-order chi connectivity index (χ0) is 26.8. The van der Waals surface area contributed by atoms with Gasteiger partial charge in [0, 0.05) is 0 Å². The minimum Gasteiger partial charge on any atom is -0.480 e. The van der Waals surface area contributed by atoms with Crippen LogP contribution in [0.3, 0.4) is 0 Å². The molecule has 2 atom stereocenters. The van der Waals surface area contributed by atoms with Gasteiger partial charge in [0.25, 0.3) is 0 Å². The Bertz CT molecular complexity index is 579. The normalized spacial score (nSPS) is 12.8. The van der Waals surface area contributed by atoms with E-state index in [0.29, 0.717) is 32.4 Å². The van der Waals surface area contributed by atoms with Crippen LogP contribution in [0.4, 0.5) is 26.3 Å². The third-order valence-electron chi connectivity index (χ3n) is 3.35. The minimum absolute atomic E-state index is 0.369. The first-order chi connectivity index (χ1) is 14.9. The lowest BCUT2D eigenvalue weighted by atomic mass is 10.1. The molecule has 0 spiro atoms. The third kappa shape index (κ3) is 22.3. The van der Waals surface area contributed by atoms with Crippen molar-refractivity contribution in [2.24, 2.45) is 17.2 Å². The molecule has 0 radical (unpaired) electrons. The van der Waals surface area contributed by atoms with Crippen LogP contribution in [-0.2, 0) is 19.2 Å². The van der Waals surface area contributed by atoms with Gasteiger partial charge in [-0.05, 0) is 45.2 Å². The summed E-state index contributed by atoms with van der Waals surface area (Å²) in [6.07, 6.45) is -6.32. The molecular weight excluding hydrogens is 474 g/mol. The maximum atomic E-state index is 11.7. The summed E-state index contributed by atoms with van der Waals surface area (Å²) in [5, 5.41) is 25.7. The molecule has 33 heavy (non-hydrogen) atoms. The second kappa shape index (κ2) is 17.8. The van der Waals surface area contributed by atoms with Gasteiger partial charge in [0.05, 0.1) is 6.04 Å². The fourth-order valence-corrected chi connectivity index (χ4v) is 1.67. The Balaban J connectivity index is -0.000000524. The molecule has 0 aliphatic rings.